The molecule has 2 aliphatic heterocycles. The third-order valence-corrected chi connectivity index (χ3v) is 4.14. The molecule has 0 radical (unpaired) electrons. The van der Waals surface area contributed by atoms with Crippen molar-refractivity contribution in [3.8, 4) is 0 Å². The van der Waals surface area contributed by atoms with Crippen molar-refractivity contribution in [3.05, 3.63) is 0 Å². The number of ether oxygens (including phenoxy) is 1. The predicted octanol–water partition coefficient (Wildman–Crippen LogP) is -0.450. The van der Waals surface area contributed by atoms with Crippen LogP contribution < -0.4 is 11.3 Å². The van der Waals surface area contributed by atoms with Gasteiger partial charge in [-0.15, -0.1) is 0 Å². The van der Waals surface area contributed by atoms with Crippen molar-refractivity contribution in [2.75, 3.05) is 32.7 Å². The largest absolute Gasteiger partial charge is 0.364 e. The zero-order valence-electron chi connectivity index (χ0n) is 12.0. The highest BCUT2D eigenvalue weighted by Crippen LogP contribution is 2.21. The maximum Gasteiger partial charge on any atom is 0.263 e. The minimum absolute atomic E-state index is 0.174. The Morgan fingerprint density at radius 3 is 2.58 bits per heavy atom. The summed E-state index contributed by atoms with van der Waals surface area (Å²) in [5.41, 5.74) is 2.17. The molecule has 19 heavy (non-hydrogen) atoms. The Kier molecular flexibility index (Phi) is 5.15. The highest BCUT2D eigenvalue weighted by atomic mass is 16.5. The molecule has 1 amide bonds. The molecule has 2 fully saturated rings. The predicted molar refractivity (Wildman–Crippen MR) is 73.4 cm³/mol. The molecule has 2 rings (SSSR count). The molecule has 0 aromatic carbocycles. The van der Waals surface area contributed by atoms with Crippen LogP contribution in [0.3, 0.4) is 0 Å². The fourth-order valence-electron chi connectivity index (χ4n) is 2.88. The van der Waals surface area contributed by atoms with Crippen LogP contribution in [0.5, 0.6) is 0 Å². The average Bonchev–Trinajstić information content (AvgIpc) is 2.87. The van der Waals surface area contributed by atoms with E-state index < -0.39 is 0 Å². The molecule has 0 aromatic heterocycles. The van der Waals surface area contributed by atoms with Crippen LogP contribution in [0.25, 0.3) is 0 Å². The summed E-state index contributed by atoms with van der Waals surface area (Å²) in [6, 6.07) is 0.627. The lowest BCUT2D eigenvalue weighted by molar-refractivity contribution is -0.132. The van der Waals surface area contributed by atoms with Gasteiger partial charge >= 0.3 is 0 Å². The van der Waals surface area contributed by atoms with Crippen LogP contribution in [0.2, 0.25) is 0 Å². The van der Waals surface area contributed by atoms with Crippen molar-refractivity contribution in [1.29, 1.82) is 0 Å². The van der Waals surface area contributed by atoms with E-state index in [9.17, 15) is 4.79 Å². The van der Waals surface area contributed by atoms with Gasteiger partial charge in [-0.05, 0) is 26.7 Å². The molecule has 6 nitrogen and oxygen atoms in total. The van der Waals surface area contributed by atoms with Gasteiger partial charge in [-0.25, -0.2) is 5.84 Å². The van der Waals surface area contributed by atoms with Gasteiger partial charge in [0, 0.05) is 38.8 Å². The fourth-order valence-corrected chi connectivity index (χ4v) is 2.88. The molecule has 0 aromatic rings. The minimum atomic E-state index is -0.355. The molecule has 2 heterocycles. The molecule has 2 aliphatic rings. The van der Waals surface area contributed by atoms with Crippen LogP contribution >= 0.6 is 0 Å². The van der Waals surface area contributed by atoms with E-state index in [1.165, 1.54) is 0 Å². The van der Waals surface area contributed by atoms with E-state index in [1.54, 1.807) is 0 Å². The molecule has 0 aliphatic carbocycles. The van der Waals surface area contributed by atoms with Crippen LogP contribution in [0, 0.1) is 0 Å². The Bertz CT molecular complexity index is 303. The first-order valence-corrected chi connectivity index (χ1v) is 7.22. The lowest BCUT2D eigenvalue weighted by Crippen LogP contribution is -2.50. The molecular formula is C13H26N4O2. The SMILES string of the molecule is CC(C)N1CCN(CC2CCC(C(=O)NN)O2)CC1. The molecule has 2 unspecified atom stereocenters. The summed E-state index contributed by atoms with van der Waals surface area (Å²) in [5, 5.41) is 0. The number of hydrogen-bond acceptors (Lipinski definition) is 5. The standard InChI is InChI=1S/C13H26N4O2/c1-10(2)17-7-5-16(6-8-17)9-11-3-4-12(19-11)13(18)15-14/h10-12H,3-9,14H2,1-2H3,(H,15,18). The zero-order chi connectivity index (χ0) is 13.8. The van der Waals surface area contributed by atoms with Gasteiger partial charge in [-0.1, -0.05) is 0 Å². The maximum absolute atomic E-state index is 11.4. The molecule has 110 valence electrons. The normalized spacial score (nSPS) is 29.9. The van der Waals surface area contributed by atoms with E-state index in [-0.39, 0.29) is 18.1 Å². The number of nitrogens with zero attached hydrogens (tertiary/aromatic N) is 2. The Morgan fingerprint density at radius 1 is 1.32 bits per heavy atom. The van der Waals surface area contributed by atoms with Crippen molar-refractivity contribution >= 4 is 5.91 Å². The van der Waals surface area contributed by atoms with Crippen LogP contribution in [0.15, 0.2) is 0 Å². The summed E-state index contributed by atoms with van der Waals surface area (Å²) in [5.74, 6) is 4.93. The summed E-state index contributed by atoms with van der Waals surface area (Å²) in [4.78, 5) is 16.3. The smallest absolute Gasteiger partial charge is 0.263 e. The van der Waals surface area contributed by atoms with Crippen molar-refractivity contribution in [1.82, 2.24) is 15.2 Å². The Labute approximate surface area is 115 Å². The Hall–Kier alpha value is -0.690. The van der Waals surface area contributed by atoms with Gasteiger partial charge in [0.05, 0.1) is 6.10 Å². The molecule has 0 spiro atoms. The fraction of sp³-hybridized carbons (Fsp3) is 0.923. The maximum atomic E-state index is 11.4. The summed E-state index contributed by atoms with van der Waals surface area (Å²) < 4.78 is 5.74. The van der Waals surface area contributed by atoms with Crippen molar-refractivity contribution < 1.29 is 9.53 Å². The monoisotopic (exact) mass is 270 g/mol. The summed E-state index contributed by atoms with van der Waals surface area (Å²) in [6.07, 6.45) is 1.54. The summed E-state index contributed by atoms with van der Waals surface area (Å²) in [7, 11) is 0. The van der Waals surface area contributed by atoms with Crippen molar-refractivity contribution in [2.45, 2.75) is 44.9 Å². The molecule has 0 bridgehead atoms. The van der Waals surface area contributed by atoms with Crippen molar-refractivity contribution in [3.63, 3.8) is 0 Å². The van der Waals surface area contributed by atoms with Gasteiger partial charge in [0.25, 0.3) is 5.91 Å². The molecule has 0 saturated carbocycles. The summed E-state index contributed by atoms with van der Waals surface area (Å²) in [6.45, 7) is 9.84. The number of hydrazine groups is 1. The van der Waals surface area contributed by atoms with Gasteiger partial charge in [-0.2, -0.15) is 0 Å². The van der Waals surface area contributed by atoms with Gasteiger partial charge in [0.1, 0.15) is 6.10 Å². The second kappa shape index (κ2) is 6.65. The molecule has 2 atom stereocenters. The van der Waals surface area contributed by atoms with E-state index >= 15 is 0 Å². The van der Waals surface area contributed by atoms with Gasteiger partial charge in [0.15, 0.2) is 0 Å². The number of amides is 1. The highest BCUT2D eigenvalue weighted by molar-refractivity contribution is 5.80. The number of nitrogens with two attached hydrogens (primary N) is 1. The van der Waals surface area contributed by atoms with Crippen LogP contribution in [0.4, 0.5) is 0 Å². The number of piperazine rings is 1. The number of carbonyl (C=O) groups is 1. The molecule has 2 saturated heterocycles. The van der Waals surface area contributed by atoms with Crippen LogP contribution in [0.1, 0.15) is 26.7 Å². The number of rotatable bonds is 4. The van der Waals surface area contributed by atoms with Gasteiger partial charge in [0.2, 0.25) is 0 Å². The van der Waals surface area contributed by atoms with E-state index in [0.29, 0.717) is 6.04 Å². The minimum Gasteiger partial charge on any atom is -0.364 e. The number of hydrogen-bond donors (Lipinski definition) is 2. The van der Waals surface area contributed by atoms with E-state index in [2.05, 4.69) is 29.1 Å². The van der Waals surface area contributed by atoms with Crippen LogP contribution in [-0.2, 0) is 9.53 Å². The lowest BCUT2D eigenvalue weighted by Gasteiger charge is -2.37. The van der Waals surface area contributed by atoms with E-state index in [4.69, 9.17) is 10.6 Å². The third-order valence-electron chi connectivity index (χ3n) is 4.14. The third kappa shape index (κ3) is 3.89. The van der Waals surface area contributed by atoms with Crippen LogP contribution in [-0.4, -0.2) is 66.7 Å². The van der Waals surface area contributed by atoms with E-state index in [0.717, 1.165) is 45.6 Å². The Balaban J connectivity index is 1.71. The Morgan fingerprint density at radius 2 is 2.00 bits per heavy atom. The van der Waals surface area contributed by atoms with Gasteiger partial charge in [-0.3, -0.25) is 20.0 Å². The second-order valence-electron chi connectivity index (χ2n) is 5.76. The first kappa shape index (κ1) is 14.7. The zero-order valence-corrected chi connectivity index (χ0v) is 12.0. The quantitative estimate of drug-likeness (QED) is 0.411. The first-order chi connectivity index (χ1) is 9.10. The second-order valence-corrected chi connectivity index (χ2v) is 5.76. The summed E-state index contributed by atoms with van der Waals surface area (Å²) >= 11 is 0. The number of nitrogens with one attached hydrogen (secondary N) is 1. The van der Waals surface area contributed by atoms with Crippen molar-refractivity contribution in [2.24, 2.45) is 5.84 Å². The topological polar surface area (TPSA) is 70.8 Å². The van der Waals surface area contributed by atoms with Gasteiger partial charge < -0.3 is 4.74 Å². The lowest BCUT2D eigenvalue weighted by atomic mass is 10.1. The first-order valence-electron chi connectivity index (χ1n) is 7.22. The van der Waals surface area contributed by atoms with E-state index in [1.807, 2.05) is 0 Å². The molecular weight excluding hydrogens is 244 g/mol. The molecule has 3 N–H and O–H groups in total. The average molecular weight is 270 g/mol. The highest BCUT2D eigenvalue weighted by Gasteiger charge is 2.32. The number of carbonyl (C=O) groups excluding carboxylic acids is 1. The molecule has 6 heteroatoms.